The lowest BCUT2D eigenvalue weighted by Gasteiger charge is -2.08. The van der Waals surface area contributed by atoms with Crippen molar-refractivity contribution < 1.29 is 4.79 Å². The van der Waals surface area contributed by atoms with Gasteiger partial charge in [0.15, 0.2) is 5.69 Å². The molecule has 0 unspecified atom stereocenters. The molecule has 0 radical (unpaired) electrons. The molecule has 1 amide bonds. The third kappa shape index (κ3) is 3.07. The largest absolute Gasteiger partial charge is 0.350 e. The molecule has 6 heteroatoms. The zero-order valence-electron chi connectivity index (χ0n) is 11.8. The minimum Gasteiger partial charge on any atom is -0.350 e. The van der Waals surface area contributed by atoms with E-state index in [-0.39, 0.29) is 5.91 Å². The second kappa shape index (κ2) is 6.17. The van der Waals surface area contributed by atoms with E-state index in [1.54, 1.807) is 11.7 Å². The molecular formula is C14H17BrN4O. The van der Waals surface area contributed by atoms with Crippen LogP contribution in [-0.2, 0) is 13.5 Å². The van der Waals surface area contributed by atoms with Crippen molar-refractivity contribution in [3.8, 4) is 0 Å². The van der Waals surface area contributed by atoms with Gasteiger partial charge in [0.1, 0.15) is 0 Å². The van der Waals surface area contributed by atoms with Crippen LogP contribution in [0.3, 0.4) is 0 Å². The molecule has 1 N–H and O–H groups in total. The molecule has 0 bridgehead atoms. The number of nitrogens with one attached hydrogen (secondary N) is 1. The number of halogens is 1. The summed E-state index contributed by atoms with van der Waals surface area (Å²) < 4.78 is 2.68. The minimum atomic E-state index is -0.178. The lowest BCUT2D eigenvalue weighted by atomic mass is 10.1. The molecule has 0 atom stereocenters. The Kier molecular flexibility index (Phi) is 4.54. The van der Waals surface area contributed by atoms with Crippen molar-refractivity contribution in [2.75, 3.05) is 6.54 Å². The number of nitrogens with zero attached hydrogens (tertiary/aromatic N) is 3. The summed E-state index contributed by atoms with van der Waals surface area (Å²) in [6.45, 7) is 4.47. The molecule has 5 nitrogen and oxygen atoms in total. The fourth-order valence-corrected chi connectivity index (χ4v) is 2.34. The third-order valence-electron chi connectivity index (χ3n) is 3.38. The van der Waals surface area contributed by atoms with Crippen molar-refractivity contribution in [2.45, 2.75) is 20.3 Å². The van der Waals surface area contributed by atoms with Gasteiger partial charge in [0.25, 0.3) is 5.91 Å². The Morgan fingerprint density at radius 3 is 2.80 bits per heavy atom. The summed E-state index contributed by atoms with van der Waals surface area (Å²) in [5.41, 5.74) is 3.58. The number of carbonyl (C=O) groups excluding carboxylic acids is 1. The second-order valence-corrected chi connectivity index (χ2v) is 5.53. The van der Waals surface area contributed by atoms with Crippen LogP contribution in [0, 0.1) is 13.8 Å². The van der Waals surface area contributed by atoms with Gasteiger partial charge in [-0.3, -0.25) is 9.48 Å². The average molecular weight is 337 g/mol. The molecule has 0 fully saturated rings. The van der Waals surface area contributed by atoms with E-state index in [1.807, 2.05) is 19.1 Å². The van der Waals surface area contributed by atoms with Crippen LogP contribution in [0.5, 0.6) is 0 Å². The molecule has 20 heavy (non-hydrogen) atoms. The van der Waals surface area contributed by atoms with E-state index in [1.165, 1.54) is 11.1 Å². The highest BCUT2D eigenvalue weighted by Gasteiger charge is 2.14. The number of benzene rings is 1. The van der Waals surface area contributed by atoms with Crippen LogP contribution < -0.4 is 5.32 Å². The molecule has 1 aromatic carbocycles. The standard InChI is InChI=1S/C14H17BrN4O/c1-9-11(5-4-6-12(9)15)7-8-16-14(20)13-10(2)19(3)18-17-13/h4-6H,7-8H2,1-3H3,(H,16,20). The van der Waals surface area contributed by atoms with E-state index in [4.69, 9.17) is 0 Å². The molecule has 0 aliphatic heterocycles. The molecule has 0 aliphatic carbocycles. The Labute approximate surface area is 126 Å². The van der Waals surface area contributed by atoms with Gasteiger partial charge < -0.3 is 5.32 Å². The maximum atomic E-state index is 12.0. The topological polar surface area (TPSA) is 59.8 Å². The highest BCUT2D eigenvalue weighted by molar-refractivity contribution is 9.10. The minimum absolute atomic E-state index is 0.178. The van der Waals surface area contributed by atoms with Crippen LogP contribution >= 0.6 is 15.9 Å². The molecule has 0 saturated heterocycles. The zero-order valence-corrected chi connectivity index (χ0v) is 13.4. The summed E-state index contributed by atoms with van der Waals surface area (Å²) >= 11 is 3.51. The Hall–Kier alpha value is -1.69. The van der Waals surface area contributed by atoms with Crippen LogP contribution in [0.25, 0.3) is 0 Å². The highest BCUT2D eigenvalue weighted by atomic mass is 79.9. The predicted octanol–water partition coefficient (Wildman–Crippen LogP) is 2.17. The number of rotatable bonds is 4. The Morgan fingerprint density at radius 1 is 1.40 bits per heavy atom. The summed E-state index contributed by atoms with van der Waals surface area (Å²) in [5, 5.41) is 10.6. The van der Waals surface area contributed by atoms with E-state index < -0.39 is 0 Å². The Morgan fingerprint density at radius 2 is 2.15 bits per heavy atom. The van der Waals surface area contributed by atoms with Crippen molar-refractivity contribution in [3.63, 3.8) is 0 Å². The molecule has 0 spiro atoms. The van der Waals surface area contributed by atoms with E-state index >= 15 is 0 Å². The van der Waals surface area contributed by atoms with Crippen LogP contribution in [-0.4, -0.2) is 27.4 Å². The van der Waals surface area contributed by atoms with Gasteiger partial charge in [-0.1, -0.05) is 33.3 Å². The third-order valence-corrected chi connectivity index (χ3v) is 4.24. The van der Waals surface area contributed by atoms with Gasteiger partial charge in [0.2, 0.25) is 0 Å². The smallest absolute Gasteiger partial charge is 0.273 e. The first-order valence-corrected chi connectivity index (χ1v) is 7.18. The number of aryl methyl sites for hydroxylation is 1. The van der Waals surface area contributed by atoms with Crippen molar-refractivity contribution >= 4 is 21.8 Å². The highest BCUT2D eigenvalue weighted by Crippen LogP contribution is 2.19. The lowest BCUT2D eigenvalue weighted by Crippen LogP contribution is -2.27. The Bertz CT molecular complexity index is 636. The first-order chi connectivity index (χ1) is 9.50. The average Bonchev–Trinajstić information content (AvgIpc) is 2.75. The van der Waals surface area contributed by atoms with Crippen molar-refractivity contribution in [2.24, 2.45) is 7.05 Å². The van der Waals surface area contributed by atoms with E-state index in [0.29, 0.717) is 12.2 Å². The quantitative estimate of drug-likeness (QED) is 0.930. The van der Waals surface area contributed by atoms with Gasteiger partial charge in [-0.05, 0) is 37.5 Å². The Balaban J connectivity index is 1.95. The summed E-state index contributed by atoms with van der Waals surface area (Å²) in [7, 11) is 1.77. The first-order valence-electron chi connectivity index (χ1n) is 6.39. The SMILES string of the molecule is Cc1c(Br)cccc1CCNC(=O)c1nnn(C)c1C. The summed E-state index contributed by atoms with van der Waals surface area (Å²) in [6, 6.07) is 6.08. The van der Waals surface area contributed by atoms with Crippen molar-refractivity contribution in [1.29, 1.82) is 0 Å². The zero-order chi connectivity index (χ0) is 14.7. The fourth-order valence-electron chi connectivity index (χ4n) is 1.93. The number of carbonyl (C=O) groups is 1. The molecule has 1 aromatic heterocycles. The monoisotopic (exact) mass is 336 g/mol. The number of aromatic nitrogens is 3. The summed E-state index contributed by atoms with van der Waals surface area (Å²) in [5.74, 6) is -0.178. The van der Waals surface area contributed by atoms with Gasteiger partial charge in [-0.25, -0.2) is 0 Å². The van der Waals surface area contributed by atoms with Crippen LogP contribution in [0.4, 0.5) is 0 Å². The van der Waals surface area contributed by atoms with Gasteiger partial charge in [-0.15, -0.1) is 5.10 Å². The van der Waals surface area contributed by atoms with E-state index in [2.05, 4.69) is 44.5 Å². The molecule has 2 aromatic rings. The van der Waals surface area contributed by atoms with Crippen LogP contribution in [0.15, 0.2) is 22.7 Å². The second-order valence-electron chi connectivity index (χ2n) is 4.68. The van der Waals surface area contributed by atoms with Crippen molar-refractivity contribution in [1.82, 2.24) is 20.3 Å². The number of hydrogen-bond acceptors (Lipinski definition) is 3. The van der Waals surface area contributed by atoms with Crippen molar-refractivity contribution in [3.05, 3.63) is 45.2 Å². The van der Waals surface area contributed by atoms with Crippen LogP contribution in [0.2, 0.25) is 0 Å². The maximum Gasteiger partial charge on any atom is 0.273 e. The molecule has 2 rings (SSSR count). The summed E-state index contributed by atoms with van der Waals surface area (Å²) in [4.78, 5) is 12.0. The van der Waals surface area contributed by atoms with E-state index in [0.717, 1.165) is 16.6 Å². The normalized spacial score (nSPS) is 10.6. The summed E-state index contributed by atoms with van der Waals surface area (Å²) in [6.07, 6.45) is 0.788. The maximum absolute atomic E-state index is 12.0. The molecule has 106 valence electrons. The lowest BCUT2D eigenvalue weighted by molar-refractivity contribution is 0.0948. The molecule has 0 aliphatic rings. The molecule has 0 saturated carbocycles. The van der Waals surface area contributed by atoms with Crippen LogP contribution in [0.1, 0.15) is 27.3 Å². The predicted molar refractivity (Wildman–Crippen MR) is 80.7 cm³/mol. The number of hydrogen-bond donors (Lipinski definition) is 1. The van der Waals surface area contributed by atoms with Gasteiger partial charge in [0.05, 0.1) is 5.69 Å². The number of amides is 1. The van der Waals surface area contributed by atoms with Gasteiger partial charge in [-0.2, -0.15) is 0 Å². The molecular weight excluding hydrogens is 320 g/mol. The van der Waals surface area contributed by atoms with Gasteiger partial charge >= 0.3 is 0 Å². The fraction of sp³-hybridized carbons (Fsp3) is 0.357. The van der Waals surface area contributed by atoms with E-state index in [9.17, 15) is 4.79 Å². The van der Waals surface area contributed by atoms with Gasteiger partial charge in [0, 0.05) is 18.1 Å². The molecule has 1 heterocycles. The first kappa shape index (κ1) is 14.7.